The first-order chi connectivity index (χ1) is 12.4. The van der Waals surface area contributed by atoms with Gasteiger partial charge in [-0.3, -0.25) is 9.59 Å². The van der Waals surface area contributed by atoms with Crippen LogP contribution in [0.25, 0.3) is 10.9 Å². The van der Waals surface area contributed by atoms with Gasteiger partial charge in [0.15, 0.2) is 0 Å². The lowest BCUT2D eigenvalue weighted by atomic mass is 9.65. The molecule has 0 bridgehead atoms. The Morgan fingerprint density at radius 3 is 2.77 bits per heavy atom. The SMILES string of the molecule is C[C@@H]1CN(C(=O)c2cc(=O)[nH]c3cc(F)ccc23)CC[C@@]1(O)C1CCC1. The largest absolute Gasteiger partial charge is 0.389 e. The minimum atomic E-state index is -0.700. The number of benzene rings is 1. The average Bonchev–Trinajstić information content (AvgIpc) is 2.54. The van der Waals surface area contributed by atoms with Crippen LogP contribution in [0.4, 0.5) is 4.39 Å². The molecule has 2 aliphatic rings. The molecule has 1 saturated heterocycles. The smallest absolute Gasteiger partial charge is 0.254 e. The maximum Gasteiger partial charge on any atom is 0.254 e. The number of fused-ring (bicyclic) bond motifs is 1. The number of halogens is 1. The summed E-state index contributed by atoms with van der Waals surface area (Å²) in [6.45, 7) is 2.91. The van der Waals surface area contributed by atoms with Crippen molar-refractivity contribution in [3.8, 4) is 0 Å². The molecular formula is C20H23FN2O3. The number of aromatic nitrogens is 1. The second-order valence-electron chi connectivity index (χ2n) is 7.76. The molecular weight excluding hydrogens is 335 g/mol. The number of nitrogens with one attached hydrogen (secondary N) is 1. The molecule has 1 aliphatic carbocycles. The number of likely N-dealkylation sites (tertiary alicyclic amines) is 1. The van der Waals surface area contributed by atoms with Gasteiger partial charge in [0.25, 0.3) is 5.91 Å². The summed E-state index contributed by atoms with van der Waals surface area (Å²) in [5.41, 5.74) is -0.529. The molecule has 0 unspecified atom stereocenters. The minimum Gasteiger partial charge on any atom is -0.389 e. The van der Waals surface area contributed by atoms with Crippen molar-refractivity contribution in [3.63, 3.8) is 0 Å². The highest BCUT2D eigenvalue weighted by Crippen LogP contribution is 2.44. The number of hydrogen-bond donors (Lipinski definition) is 2. The van der Waals surface area contributed by atoms with Crippen LogP contribution in [0.5, 0.6) is 0 Å². The number of carbonyl (C=O) groups is 1. The fraction of sp³-hybridized carbons (Fsp3) is 0.500. The van der Waals surface area contributed by atoms with E-state index in [1.165, 1.54) is 24.3 Å². The summed E-state index contributed by atoms with van der Waals surface area (Å²) in [5.74, 6) is -0.389. The van der Waals surface area contributed by atoms with Crippen molar-refractivity contribution < 1.29 is 14.3 Å². The number of H-pyrrole nitrogens is 1. The Balaban J connectivity index is 1.63. The third kappa shape index (κ3) is 2.72. The summed E-state index contributed by atoms with van der Waals surface area (Å²) < 4.78 is 13.5. The number of hydrogen-bond acceptors (Lipinski definition) is 3. The normalized spacial score (nSPS) is 26.7. The van der Waals surface area contributed by atoms with E-state index in [1.54, 1.807) is 4.90 Å². The maximum absolute atomic E-state index is 13.5. The molecule has 2 aromatic rings. The Morgan fingerprint density at radius 1 is 1.35 bits per heavy atom. The molecule has 1 aliphatic heterocycles. The molecule has 4 rings (SSSR count). The molecule has 2 N–H and O–H groups in total. The van der Waals surface area contributed by atoms with Crippen LogP contribution >= 0.6 is 0 Å². The fourth-order valence-corrected chi connectivity index (χ4v) is 4.42. The van der Waals surface area contributed by atoms with Crippen molar-refractivity contribution in [3.05, 3.63) is 46.0 Å². The van der Waals surface area contributed by atoms with Crippen LogP contribution in [0.3, 0.4) is 0 Å². The third-order valence-electron chi connectivity index (χ3n) is 6.26. The molecule has 6 heteroatoms. The lowest BCUT2D eigenvalue weighted by molar-refractivity contribution is -0.122. The zero-order valence-electron chi connectivity index (χ0n) is 14.8. The van der Waals surface area contributed by atoms with E-state index in [9.17, 15) is 19.1 Å². The Kier molecular flexibility index (Phi) is 4.10. The average molecular weight is 358 g/mol. The molecule has 2 fully saturated rings. The third-order valence-corrected chi connectivity index (χ3v) is 6.26. The molecule has 138 valence electrons. The zero-order valence-corrected chi connectivity index (χ0v) is 14.8. The maximum atomic E-state index is 13.5. The lowest BCUT2D eigenvalue weighted by Gasteiger charge is -2.50. The second-order valence-corrected chi connectivity index (χ2v) is 7.76. The summed E-state index contributed by atoms with van der Waals surface area (Å²) in [6, 6.07) is 5.30. The lowest BCUT2D eigenvalue weighted by Crippen LogP contribution is -2.57. The van der Waals surface area contributed by atoms with E-state index in [1.807, 2.05) is 6.92 Å². The van der Waals surface area contributed by atoms with E-state index in [-0.39, 0.29) is 17.4 Å². The molecule has 0 radical (unpaired) electrons. The molecule has 5 nitrogen and oxygen atoms in total. The van der Waals surface area contributed by atoms with Gasteiger partial charge in [-0.2, -0.15) is 0 Å². The van der Waals surface area contributed by atoms with Crippen LogP contribution in [0.1, 0.15) is 43.0 Å². The highest BCUT2D eigenvalue weighted by molar-refractivity contribution is 6.06. The second kappa shape index (κ2) is 6.20. The number of amides is 1. The van der Waals surface area contributed by atoms with E-state index < -0.39 is 17.0 Å². The topological polar surface area (TPSA) is 73.4 Å². The first-order valence-corrected chi connectivity index (χ1v) is 9.23. The number of aromatic amines is 1. The van der Waals surface area contributed by atoms with Gasteiger partial charge in [-0.25, -0.2) is 4.39 Å². The minimum absolute atomic E-state index is 0.0174. The summed E-state index contributed by atoms with van der Waals surface area (Å²) in [5, 5.41) is 11.6. The monoisotopic (exact) mass is 358 g/mol. The van der Waals surface area contributed by atoms with Gasteiger partial charge in [0.2, 0.25) is 5.56 Å². The fourth-order valence-electron chi connectivity index (χ4n) is 4.42. The number of nitrogens with zero attached hydrogens (tertiary/aromatic N) is 1. The molecule has 26 heavy (non-hydrogen) atoms. The number of piperidine rings is 1. The Morgan fingerprint density at radius 2 is 2.12 bits per heavy atom. The molecule has 1 amide bonds. The van der Waals surface area contributed by atoms with Crippen molar-refractivity contribution in [2.24, 2.45) is 11.8 Å². The van der Waals surface area contributed by atoms with Crippen LogP contribution in [0, 0.1) is 17.7 Å². The van der Waals surface area contributed by atoms with Crippen LogP contribution < -0.4 is 5.56 Å². The summed E-state index contributed by atoms with van der Waals surface area (Å²) in [7, 11) is 0. The number of carbonyl (C=O) groups excluding carboxylic acids is 1. The van der Waals surface area contributed by atoms with Crippen molar-refractivity contribution in [2.45, 2.75) is 38.2 Å². The molecule has 2 atom stereocenters. The first-order valence-electron chi connectivity index (χ1n) is 9.23. The highest BCUT2D eigenvalue weighted by atomic mass is 19.1. The standard InChI is InChI=1S/C20H23FN2O3/c1-12-11-23(8-7-20(12,26)13-3-2-4-13)19(25)16-10-18(24)22-17-9-14(21)5-6-15(16)17/h5-6,9-10,12-13,26H,2-4,7-8,11H2,1H3,(H,22,24)/t12-,20+/m1/s1. The van der Waals surface area contributed by atoms with Crippen molar-refractivity contribution >= 4 is 16.8 Å². The molecule has 1 aromatic carbocycles. The quantitative estimate of drug-likeness (QED) is 0.867. The first kappa shape index (κ1) is 17.2. The van der Waals surface area contributed by atoms with Crippen molar-refractivity contribution in [1.29, 1.82) is 0 Å². The summed E-state index contributed by atoms with van der Waals surface area (Å²) in [4.78, 5) is 29.3. The molecule has 0 spiro atoms. The molecule has 2 heterocycles. The van der Waals surface area contributed by atoms with Crippen molar-refractivity contribution in [2.75, 3.05) is 13.1 Å². The van der Waals surface area contributed by atoms with Gasteiger partial charge in [-0.1, -0.05) is 13.3 Å². The predicted octanol–water partition coefficient (Wildman–Crippen LogP) is 2.68. The van der Waals surface area contributed by atoms with E-state index in [4.69, 9.17) is 0 Å². The number of rotatable bonds is 2. The number of aliphatic hydroxyl groups is 1. The van der Waals surface area contributed by atoms with Crippen LogP contribution in [0.15, 0.2) is 29.1 Å². The van der Waals surface area contributed by atoms with Gasteiger partial charge in [-0.15, -0.1) is 0 Å². The van der Waals surface area contributed by atoms with Gasteiger partial charge in [0.05, 0.1) is 16.7 Å². The zero-order chi connectivity index (χ0) is 18.5. The highest BCUT2D eigenvalue weighted by Gasteiger charge is 2.47. The number of pyridine rings is 1. The van der Waals surface area contributed by atoms with Crippen LogP contribution in [-0.2, 0) is 0 Å². The van der Waals surface area contributed by atoms with Gasteiger partial charge in [-0.05, 0) is 43.4 Å². The molecule has 1 aromatic heterocycles. The van der Waals surface area contributed by atoms with Gasteiger partial charge in [0, 0.05) is 30.5 Å². The Labute approximate surface area is 150 Å². The van der Waals surface area contributed by atoms with E-state index >= 15 is 0 Å². The van der Waals surface area contributed by atoms with Gasteiger partial charge in [0.1, 0.15) is 5.82 Å². The summed E-state index contributed by atoms with van der Waals surface area (Å²) >= 11 is 0. The van der Waals surface area contributed by atoms with E-state index in [2.05, 4.69) is 4.98 Å². The van der Waals surface area contributed by atoms with Crippen LogP contribution in [-0.4, -0.2) is 39.6 Å². The predicted molar refractivity (Wildman–Crippen MR) is 96.5 cm³/mol. The molecule has 1 saturated carbocycles. The Bertz CT molecular complexity index is 921. The van der Waals surface area contributed by atoms with Crippen LogP contribution in [0.2, 0.25) is 0 Å². The van der Waals surface area contributed by atoms with Crippen molar-refractivity contribution in [1.82, 2.24) is 9.88 Å². The van der Waals surface area contributed by atoms with Gasteiger partial charge < -0.3 is 15.0 Å². The van der Waals surface area contributed by atoms with Gasteiger partial charge >= 0.3 is 0 Å². The Hall–Kier alpha value is -2.21. The summed E-state index contributed by atoms with van der Waals surface area (Å²) in [6.07, 6.45) is 3.83. The van der Waals surface area contributed by atoms with E-state index in [0.717, 1.165) is 19.3 Å². The van der Waals surface area contributed by atoms with E-state index in [0.29, 0.717) is 36.3 Å².